The standard InChI is InChI=1S/C18H15NO2/c1-13-5-3-6-14(9-13)10-16(12-19)18(20)15-7-4-8-17(11-15)21-2/h3-11H,1-2H3. The average Bonchev–Trinajstić information content (AvgIpc) is 2.52. The van der Waals surface area contributed by atoms with Gasteiger partial charge in [0.05, 0.1) is 7.11 Å². The molecule has 0 aromatic heterocycles. The Balaban J connectivity index is 2.37. The van der Waals surface area contributed by atoms with Crippen LogP contribution in [0.25, 0.3) is 6.08 Å². The number of ether oxygens (including phenoxy) is 1. The summed E-state index contributed by atoms with van der Waals surface area (Å²) in [6.45, 7) is 1.97. The van der Waals surface area contributed by atoms with Crippen LogP contribution in [-0.4, -0.2) is 12.9 Å². The summed E-state index contributed by atoms with van der Waals surface area (Å²) >= 11 is 0. The van der Waals surface area contributed by atoms with E-state index in [9.17, 15) is 10.1 Å². The SMILES string of the molecule is COc1cccc(C(=O)C(C#N)=Cc2cccc(C)c2)c1. The third-order valence-corrected chi connectivity index (χ3v) is 3.05. The van der Waals surface area contributed by atoms with Gasteiger partial charge in [0.15, 0.2) is 0 Å². The molecule has 0 aliphatic rings. The molecule has 0 amide bonds. The minimum Gasteiger partial charge on any atom is -0.497 e. The lowest BCUT2D eigenvalue weighted by Crippen LogP contribution is -2.02. The molecular formula is C18H15NO2. The Kier molecular flexibility index (Phi) is 4.53. The number of allylic oxidation sites excluding steroid dienone is 1. The number of carbonyl (C=O) groups excluding carboxylic acids is 1. The Morgan fingerprint density at radius 1 is 1.19 bits per heavy atom. The van der Waals surface area contributed by atoms with Crippen LogP contribution in [0, 0.1) is 18.3 Å². The van der Waals surface area contributed by atoms with Crippen LogP contribution >= 0.6 is 0 Å². The van der Waals surface area contributed by atoms with E-state index in [2.05, 4.69) is 0 Å². The van der Waals surface area contributed by atoms with Gasteiger partial charge in [-0.2, -0.15) is 5.26 Å². The second kappa shape index (κ2) is 6.53. The molecule has 3 nitrogen and oxygen atoms in total. The summed E-state index contributed by atoms with van der Waals surface area (Å²) in [6, 6.07) is 16.4. The highest BCUT2D eigenvalue weighted by atomic mass is 16.5. The van der Waals surface area contributed by atoms with Crippen LogP contribution in [0.5, 0.6) is 5.75 Å². The molecule has 0 unspecified atom stereocenters. The highest BCUT2D eigenvalue weighted by molar-refractivity contribution is 6.14. The van der Waals surface area contributed by atoms with Gasteiger partial charge in [-0.05, 0) is 30.7 Å². The second-order valence-corrected chi connectivity index (χ2v) is 4.65. The van der Waals surface area contributed by atoms with E-state index in [4.69, 9.17) is 4.74 Å². The molecule has 0 atom stereocenters. The molecule has 0 fully saturated rings. The number of hydrogen-bond acceptors (Lipinski definition) is 3. The minimum absolute atomic E-state index is 0.105. The normalized spacial score (nSPS) is 10.8. The predicted molar refractivity (Wildman–Crippen MR) is 82.1 cm³/mol. The Morgan fingerprint density at radius 2 is 1.95 bits per heavy atom. The van der Waals surface area contributed by atoms with Crippen LogP contribution in [0.2, 0.25) is 0 Å². The van der Waals surface area contributed by atoms with E-state index in [-0.39, 0.29) is 11.4 Å². The van der Waals surface area contributed by atoms with Crippen LogP contribution in [0.1, 0.15) is 21.5 Å². The Morgan fingerprint density at radius 3 is 2.62 bits per heavy atom. The molecule has 21 heavy (non-hydrogen) atoms. The van der Waals surface area contributed by atoms with Crippen molar-refractivity contribution in [1.82, 2.24) is 0 Å². The number of ketones is 1. The molecule has 2 aromatic carbocycles. The highest BCUT2D eigenvalue weighted by Gasteiger charge is 2.12. The Labute approximate surface area is 124 Å². The number of rotatable bonds is 4. The summed E-state index contributed by atoms with van der Waals surface area (Å²) < 4.78 is 5.10. The first-order valence-corrected chi connectivity index (χ1v) is 6.51. The van der Waals surface area contributed by atoms with Crippen molar-refractivity contribution in [1.29, 1.82) is 5.26 Å². The number of Topliss-reactive ketones (excluding diaryl/α,β-unsaturated/α-hetero) is 1. The van der Waals surface area contributed by atoms with E-state index < -0.39 is 0 Å². The van der Waals surface area contributed by atoms with Crippen molar-refractivity contribution in [3.8, 4) is 11.8 Å². The first-order valence-electron chi connectivity index (χ1n) is 6.51. The lowest BCUT2D eigenvalue weighted by Gasteiger charge is -2.03. The molecule has 2 aromatic rings. The Hall–Kier alpha value is -2.86. The number of methoxy groups -OCH3 is 1. The maximum atomic E-state index is 12.4. The van der Waals surface area contributed by atoms with E-state index in [1.165, 1.54) is 7.11 Å². The molecular weight excluding hydrogens is 262 g/mol. The zero-order valence-corrected chi connectivity index (χ0v) is 12.0. The zero-order valence-electron chi connectivity index (χ0n) is 12.0. The van der Waals surface area contributed by atoms with Gasteiger partial charge in [-0.25, -0.2) is 0 Å². The fourth-order valence-corrected chi connectivity index (χ4v) is 1.99. The molecule has 0 saturated carbocycles. The number of nitrogens with zero attached hydrogens (tertiary/aromatic N) is 1. The van der Waals surface area contributed by atoms with Crippen molar-refractivity contribution in [2.45, 2.75) is 6.92 Å². The van der Waals surface area contributed by atoms with Gasteiger partial charge in [-0.15, -0.1) is 0 Å². The average molecular weight is 277 g/mol. The molecule has 0 N–H and O–H groups in total. The van der Waals surface area contributed by atoms with Crippen molar-refractivity contribution in [2.24, 2.45) is 0 Å². The van der Waals surface area contributed by atoms with Crippen LogP contribution < -0.4 is 4.74 Å². The van der Waals surface area contributed by atoms with Crippen molar-refractivity contribution in [3.63, 3.8) is 0 Å². The first kappa shape index (κ1) is 14.5. The zero-order chi connectivity index (χ0) is 15.2. The lowest BCUT2D eigenvalue weighted by atomic mass is 10.0. The van der Waals surface area contributed by atoms with Gasteiger partial charge in [-0.1, -0.05) is 42.0 Å². The molecule has 0 heterocycles. The number of nitriles is 1. The molecule has 0 saturated heterocycles. The van der Waals surface area contributed by atoms with Gasteiger partial charge in [0.25, 0.3) is 0 Å². The minimum atomic E-state index is -0.307. The topological polar surface area (TPSA) is 50.1 Å². The van der Waals surface area contributed by atoms with E-state index in [0.717, 1.165) is 11.1 Å². The molecule has 0 aliphatic heterocycles. The van der Waals surface area contributed by atoms with E-state index in [0.29, 0.717) is 11.3 Å². The molecule has 0 aliphatic carbocycles. The summed E-state index contributed by atoms with van der Waals surface area (Å²) in [6.07, 6.45) is 1.61. The van der Waals surface area contributed by atoms with Crippen molar-refractivity contribution >= 4 is 11.9 Å². The van der Waals surface area contributed by atoms with Gasteiger partial charge in [0.1, 0.15) is 17.4 Å². The van der Waals surface area contributed by atoms with Gasteiger partial charge >= 0.3 is 0 Å². The summed E-state index contributed by atoms with van der Waals surface area (Å²) in [4.78, 5) is 12.4. The monoisotopic (exact) mass is 277 g/mol. The Bertz CT molecular complexity index is 739. The maximum absolute atomic E-state index is 12.4. The van der Waals surface area contributed by atoms with Gasteiger partial charge in [0.2, 0.25) is 5.78 Å². The molecule has 104 valence electrons. The third-order valence-electron chi connectivity index (χ3n) is 3.05. The second-order valence-electron chi connectivity index (χ2n) is 4.65. The van der Waals surface area contributed by atoms with Crippen molar-refractivity contribution in [2.75, 3.05) is 7.11 Å². The molecule has 0 bridgehead atoms. The maximum Gasteiger partial charge on any atom is 0.203 e. The molecule has 0 radical (unpaired) electrons. The van der Waals surface area contributed by atoms with E-state index in [1.807, 2.05) is 37.3 Å². The number of benzene rings is 2. The van der Waals surface area contributed by atoms with E-state index >= 15 is 0 Å². The fraction of sp³-hybridized carbons (Fsp3) is 0.111. The fourth-order valence-electron chi connectivity index (χ4n) is 1.99. The first-order chi connectivity index (χ1) is 10.1. The van der Waals surface area contributed by atoms with Crippen molar-refractivity contribution in [3.05, 3.63) is 70.8 Å². The number of aryl methyl sites for hydroxylation is 1. The predicted octanol–water partition coefficient (Wildman–Crippen LogP) is 3.79. The molecule has 2 rings (SSSR count). The summed E-state index contributed by atoms with van der Waals surface area (Å²) in [7, 11) is 1.54. The van der Waals surface area contributed by atoms with Crippen LogP contribution in [0.4, 0.5) is 0 Å². The van der Waals surface area contributed by atoms with Crippen molar-refractivity contribution < 1.29 is 9.53 Å². The largest absolute Gasteiger partial charge is 0.497 e. The molecule has 3 heteroatoms. The van der Waals surface area contributed by atoms with Crippen LogP contribution in [0.3, 0.4) is 0 Å². The lowest BCUT2D eigenvalue weighted by molar-refractivity contribution is 0.103. The summed E-state index contributed by atoms with van der Waals surface area (Å²) in [5.74, 6) is 0.284. The molecule has 0 spiro atoms. The smallest absolute Gasteiger partial charge is 0.203 e. The number of hydrogen-bond donors (Lipinski definition) is 0. The van der Waals surface area contributed by atoms with Crippen LogP contribution in [0.15, 0.2) is 54.1 Å². The highest BCUT2D eigenvalue weighted by Crippen LogP contribution is 2.17. The third kappa shape index (κ3) is 3.58. The summed E-state index contributed by atoms with van der Waals surface area (Å²) in [5.41, 5.74) is 2.46. The van der Waals surface area contributed by atoms with Crippen LogP contribution in [-0.2, 0) is 0 Å². The van der Waals surface area contributed by atoms with Gasteiger partial charge in [-0.3, -0.25) is 4.79 Å². The quantitative estimate of drug-likeness (QED) is 0.485. The number of carbonyl (C=O) groups is 1. The van der Waals surface area contributed by atoms with E-state index in [1.54, 1.807) is 30.3 Å². The van der Waals surface area contributed by atoms with Gasteiger partial charge in [0, 0.05) is 5.56 Å². The van der Waals surface area contributed by atoms with Gasteiger partial charge < -0.3 is 4.74 Å². The summed E-state index contributed by atoms with van der Waals surface area (Å²) in [5, 5.41) is 9.24.